The normalized spacial score (nSPS) is 34.4. The minimum Gasteiger partial charge on any atom is -0.495 e. The summed E-state index contributed by atoms with van der Waals surface area (Å²) in [5, 5.41) is 14.4. The lowest BCUT2D eigenvalue weighted by molar-refractivity contribution is -0.185. The van der Waals surface area contributed by atoms with E-state index in [4.69, 9.17) is 63.2 Å². The Morgan fingerprint density at radius 1 is 0.965 bits per heavy atom. The van der Waals surface area contributed by atoms with E-state index in [0.29, 0.717) is 60.2 Å². The molecule has 4 fully saturated rings. The molecule has 22 heteroatoms. The van der Waals surface area contributed by atoms with Crippen molar-refractivity contribution < 1.29 is 67.1 Å². The number of carbonyl (C=O) groups excluding carboxylic acids is 7. The number of rotatable bonds is 11. The van der Waals surface area contributed by atoms with Crippen LogP contribution >= 0.6 is 47.2 Å². The first-order valence-corrected chi connectivity index (χ1v) is 30.5. The molecule has 2 saturated carbocycles. The first-order chi connectivity index (χ1) is 39.3. The summed E-state index contributed by atoms with van der Waals surface area (Å²) in [5.41, 5.74) is 0.282. The van der Waals surface area contributed by atoms with Gasteiger partial charge in [-0.3, -0.25) is 29.3 Å². The number of nitrogens with zero attached hydrogens (tertiary/aromatic N) is 3. The predicted molar refractivity (Wildman–Crippen MR) is 329 cm³/mol. The summed E-state index contributed by atoms with van der Waals surface area (Å²) in [6, 6.07) is 2.63. The van der Waals surface area contributed by atoms with Crippen LogP contribution in [-0.2, 0) is 58.9 Å². The highest BCUT2D eigenvalue weighted by atomic mass is 35.5. The van der Waals surface area contributed by atoms with E-state index in [2.05, 4.69) is 37.1 Å². The number of ether oxygens (including phenoxy) is 6. The number of halogens is 4. The number of aliphatic hydroxyl groups is 1. The number of ketones is 2. The summed E-state index contributed by atoms with van der Waals surface area (Å²) in [6.07, 6.45) is 10.2. The molecule has 4 aliphatic carbocycles. The minimum atomic E-state index is -1.81. The molecule has 0 aromatic heterocycles. The number of esters is 2. The van der Waals surface area contributed by atoms with Crippen molar-refractivity contribution in [1.29, 1.82) is 0 Å². The number of likely N-dealkylation sites (N-methyl/N-ethyl adjacent to an activating group) is 1. The molecule has 474 valence electrons. The molecule has 7 aliphatic rings. The summed E-state index contributed by atoms with van der Waals surface area (Å²) >= 11 is 17.6. The van der Waals surface area contributed by atoms with Crippen LogP contribution in [-0.4, -0.2) is 164 Å². The molecule has 14 atom stereocenters. The Morgan fingerprint density at radius 2 is 1.61 bits per heavy atom. The Kier molecular flexibility index (Phi) is 24.1. The molecule has 18 nitrogen and oxygen atoms in total. The van der Waals surface area contributed by atoms with Crippen LogP contribution in [0.4, 0.5) is 10.5 Å². The van der Waals surface area contributed by atoms with Gasteiger partial charge in [-0.15, -0.1) is 35.6 Å². The van der Waals surface area contributed by atoms with E-state index < -0.39 is 71.3 Å². The SMILES string of the molecule is CC(=O)O[C@]1(C(C)=O)CC[C@H]2[C@@H]3C=C(C)C4=CC(=O)CC[C@]4(C)[C@H]3CC[C@@]21C.CN(CCCl)CCCl.COc1cc2cc(c1Cl)N(C)C(=O)C[C@H](OC(=O)[C@H](C)N(C)C(C)=O)[C@]1(C)O[C@H]1[C@H](C)[C@@H]1C[C@@](O)(NC(=O)O1)[C@H](OC)/C=C\C=C(\C)C2.Cl. The fraction of sp³-hybridized carbons (Fsp3) is 0.667. The predicted octanol–water partition coefficient (Wildman–Crippen LogP) is 9.93. The van der Waals surface area contributed by atoms with E-state index in [1.165, 1.54) is 63.0 Å². The van der Waals surface area contributed by atoms with Crippen molar-refractivity contribution in [1.82, 2.24) is 15.1 Å². The maximum atomic E-state index is 14.0. The molecule has 2 saturated heterocycles. The Labute approximate surface area is 523 Å². The van der Waals surface area contributed by atoms with Crippen LogP contribution in [0.25, 0.3) is 0 Å². The van der Waals surface area contributed by atoms with Crippen LogP contribution in [0.3, 0.4) is 0 Å². The lowest BCUT2D eigenvalue weighted by atomic mass is 9.47. The van der Waals surface area contributed by atoms with Crippen molar-refractivity contribution in [2.24, 2.45) is 34.5 Å². The van der Waals surface area contributed by atoms with Crippen LogP contribution in [0.2, 0.25) is 5.02 Å². The second kappa shape index (κ2) is 28.7. The molecule has 3 aliphatic heterocycles. The Morgan fingerprint density at radius 3 is 2.20 bits per heavy atom. The number of nitrogens with one attached hydrogen (secondary N) is 1. The number of amides is 3. The minimum absolute atomic E-state index is 0. The molecule has 3 heterocycles. The lowest BCUT2D eigenvalue weighted by Gasteiger charge is -2.58. The highest BCUT2D eigenvalue weighted by Crippen LogP contribution is 2.68. The highest BCUT2D eigenvalue weighted by molar-refractivity contribution is 6.35. The number of alkyl carbamates (subject to hydrolysis) is 1. The second-order valence-corrected chi connectivity index (χ2v) is 25.9. The molecule has 85 heavy (non-hydrogen) atoms. The summed E-state index contributed by atoms with van der Waals surface area (Å²) < 4.78 is 34.7. The lowest BCUT2D eigenvalue weighted by Crippen LogP contribution is -2.63. The number of methoxy groups -OCH3 is 2. The van der Waals surface area contributed by atoms with Crippen molar-refractivity contribution in [3.05, 3.63) is 69.8 Å². The number of hydrogen-bond acceptors (Lipinski definition) is 15. The van der Waals surface area contributed by atoms with E-state index in [1.54, 1.807) is 52.1 Å². The molecule has 0 spiro atoms. The first-order valence-electron chi connectivity index (χ1n) is 29.1. The number of carbonyl (C=O) groups is 7. The van der Waals surface area contributed by atoms with Crippen LogP contribution in [0, 0.1) is 34.5 Å². The van der Waals surface area contributed by atoms with Gasteiger partial charge in [0.25, 0.3) is 0 Å². The van der Waals surface area contributed by atoms with Gasteiger partial charge < -0.3 is 48.2 Å². The Balaban J connectivity index is 0.000000299. The van der Waals surface area contributed by atoms with E-state index in [-0.39, 0.29) is 64.5 Å². The Hall–Kier alpha value is -4.53. The van der Waals surface area contributed by atoms with Gasteiger partial charge in [-0.2, -0.15) is 0 Å². The van der Waals surface area contributed by atoms with Crippen molar-refractivity contribution in [2.45, 2.75) is 174 Å². The molecule has 0 unspecified atom stereocenters. The summed E-state index contributed by atoms with van der Waals surface area (Å²) in [4.78, 5) is 93.6. The fourth-order valence-electron chi connectivity index (χ4n) is 14.2. The maximum Gasteiger partial charge on any atom is 0.409 e. The third kappa shape index (κ3) is 15.0. The number of alkyl halides is 2. The molecule has 1 aromatic rings. The van der Waals surface area contributed by atoms with E-state index in [0.717, 1.165) is 49.9 Å². The van der Waals surface area contributed by atoms with Gasteiger partial charge in [0.15, 0.2) is 22.9 Å². The number of allylic oxidation sites excluding steroid dienone is 7. The smallest absolute Gasteiger partial charge is 0.409 e. The quantitative estimate of drug-likeness (QED) is 0.0911. The summed E-state index contributed by atoms with van der Waals surface area (Å²) in [6.45, 7) is 19.8. The van der Waals surface area contributed by atoms with Crippen LogP contribution in [0.5, 0.6) is 5.75 Å². The molecule has 3 amide bonds. The molecule has 1 aromatic carbocycles. The number of benzene rings is 1. The number of anilines is 1. The van der Waals surface area contributed by atoms with Crippen LogP contribution in [0.15, 0.2) is 59.2 Å². The van der Waals surface area contributed by atoms with Gasteiger partial charge in [0.05, 0.1) is 25.3 Å². The van der Waals surface area contributed by atoms with Gasteiger partial charge in [0.1, 0.15) is 40.7 Å². The molecular weight excluding hydrogens is 1180 g/mol. The van der Waals surface area contributed by atoms with Crippen molar-refractivity contribution in [3.63, 3.8) is 0 Å². The first kappa shape index (κ1) is 71.2. The Bertz CT molecular complexity index is 2810. The largest absolute Gasteiger partial charge is 0.495 e. The third-order valence-electron chi connectivity index (χ3n) is 19.4. The number of hydrogen-bond donors (Lipinski definition) is 2. The molecule has 4 bridgehead atoms. The number of fused-ring (bicyclic) bond motifs is 10. The molecular formula is C63H90Cl4N4O14. The molecule has 0 radical (unpaired) electrons. The monoisotopic (exact) mass is 1270 g/mol. The van der Waals surface area contributed by atoms with Gasteiger partial charge >= 0.3 is 18.0 Å². The van der Waals surface area contributed by atoms with E-state index in [1.807, 2.05) is 26.1 Å². The van der Waals surface area contributed by atoms with Gasteiger partial charge in [0, 0.05) is 84.1 Å². The third-order valence-corrected chi connectivity index (χ3v) is 20.1. The summed E-state index contributed by atoms with van der Waals surface area (Å²) in [7, 11) is 7.97. The zero-order chi connectivity index (χ0) is 62.6. The topological polar surface area (TPSA) is 220 Å². The summed E-state index contributed by atoms with van der Waals surface area (Å²) in [5.74, 6) is 0.772. The average molecular weight is 1270 g/mol. The molecule has 8 rings (SSSR count). The van der Waals surface area contributed by atoms with Gasteiger partial charge in [-0.1, -0.05) is 67.8 Å². The van der Waals surface area contributed by atoms with Crippen molar-refractivity contribution in [2.75, 3.05) is 65.1 Å². The van der Waals surface area contributed by atoms with Crippen molar-refractivity contribution in [3.8, 4) is 5.75 Å². The zero-order valence-corrected chi connectivity index (χ0v) is 55.2. The fourth-order valence-corrected chi connectivity index (χ4v) is 15.0. The van der Waals surface area contributed by atoms with Gasteiger partial charge in [-0.05, 0) is 133 Å². The standard InChI is InChI=1S/C34H46ClN3O10.C24H32O4.C5H11Cl2N.ClH/c1-18-11-10-12-26(45-9)34(43)17-25(46-32(42)36-34)19(2)30-33(5,48-30)27(47-31(41)20(3)37(6)21(4)39)16-28(40)38(7)23-14-22(13-18)15-24(44-8)29(23)35;1-14-12-18-19(22(4)9-6-17(27)13-21(14)22)7-10-23(5)20(18)8-11-24(23,15(2)25)28-16(3)26;1-8(4-2-6)5-3-7;/h10-12,14-15,19-20,25-27,30,43H,13,16-17H2,1-9H3,(H,36,42);12-13,18-20H,6-11H2,1-5H3;2-5H2,1H3;1H/b12-10-,18-11-;;;/t19-,20+,25+,26-,27+,30+,33+,34+;18-,19+,20+,22-,23+,24+;;/m11../s1. The van der Waals surface area contributed by atoms with Gasteiger partial charge in [0.2, 0.25) is 11.8 Å². The zero-order valence-electron chi connectivity index (χ0n) is 52.1. The van der Waals surface area contributed by atoms with Crippen molar-refractivity contribution >= 4 is 94.3 Å². The van der Waals surface area contributed by atoms with E-state index >= 15 is 0 Å². The average Bonchev–Trinajstić information content (AvgIpc) is 1.73. The number of epoxide rings is 1. The number of Topliss-reactive ketones (excluding diaryl/α,β-unsaturated/α-hetero) is 1. The van der Waals surface area contributed by atoms with Gasteiger partial charge in [-0.25, -0.2) is 9.59 Å². The highest BCUT2D eigenvalue weighted by Gasteiger charge is 2.68. The van der Waals surface area contributed by atoms with Crippen LogP contribution in [0.1, 0.15) is 126 Å². The second-order valence-electron chi connectivity index (χ2n) is 24.8. The maximum absolute atomic E-state index is 14.0. The van der Waals surface area contributed by atoms with Crippen LogP contribution < -0.4 is 15.0 Å². The van der Waals surface area contributed by atoms with E-state index in [9.17, 15) is 38.7 Å². The molecule has 2 N–H and O–H groups in total.